The third kappa shape index (κ3) is 2.44. The molecule has 1 atom stereocenters. The topological polar surface area (TPSA) is 28.2 Å². The van der Waals surface area contributed by atoms with Crippen molar-refractivity contribution in [1.82, 2.24) is 10.3 Å². The average Bonchev–Trinajstić information content (AvgIpc) is 2.94. The molecule has 2 saturated heterocycles. The molecule has 3 heterocycles. The number of pyridine rings is 1. The summed E-state index contributed by atoms with van der Waals surface area (Å²) in [6.07, 6.45) is 8.60. The molecule has 0 radical (unpaired) electrons. The van der Waals surface area contributed by atoms with Crippen molar-refractivity contribution < 1.29 is 0 Å². The van der Waals surface area contributed by atoms with Crippen molar-refractivity contribution in [3.63, 3.8) is 0 Å². The summed E-state index contributed by atoms with van der Waals surface area (Å²) in [5.41, 5.74) is 1.35. The maximum Gasteiger partial charge on any atom is 0.128 e. The van der Waals surface area contributed by atoms with Crippen LogP contribution in [0.25, 0.3) is 0 Å². The smallest absolute Gasteiger partial charge is 0.128 e. The first kappa shape index (κ1) is 11.0. The molecule has 92 valence electrons. The van der Waals surface area contributed by atoms with E-state index in [0.717, 1.165) is 12.4 Å². The maximum atomic E-state index is 4.62. The summed E-state index contributed by atoms with van der Waals surface area (Å²) in [6, 6.07) is 4.98. The monoisotopic (exact) mass is 231 g/mol. The normalized spacial score (nSPS) is 25.2. The van der Waals surface area contributed by atoms with Crippen molar-refractivity contribution in [2.45, 2.75) is 38.1 Å². The molecule has 3 nitrogen and oxygen atoms in total. The Bertz CT molecular complexity index is 348. The third-order valence-electron chi connectivity index (χ3n) is 3.91. The number of hydrogen-bond donors (Lipinski definition) is 1. The molecule has 17 heavy (non-hydrogen) atoms. The summed E-state index contributed by atoms with van der Waals surface area (Å²) in [4.78, 5) is 7.01. The van der Waals surface area contributed by atoms with Gasteiger partial charge in [0, 0.05) is 25.3 Å². The first-order valence-electron chi connectivity index (χ1n) is 6.88. The third-order valence-corrected chi connectivity index (χ3v) is 3.91. The number of anilines is 1. The van der Waals surface area contributed by atoms with E-state index in [9.17, 15) is 0 Å². The van der Waals surface area contributed by atoms with Crippen LogP contribution in [0.5, 0.6) is 0 Å². The van der Waals surface area contributed by atoms with Crippen LogP contribution in [-0.4, -0.2) is 24.6 Å². The first-order chi connectivity index (χ1) is 8.43. The van der Waals surface area contributed by atoms with Crippen LogP contribution < -0.4 is 10.2 Å². The summed E-state index contributed by atoms with van der Waals surface area (Å²) < 4.78 is 0. The summed E-state index contributed by atoms with van der Waals surface area (Å²) >= 11 is 0. The predicted molar refractivity (Wildman–Crippen MR) is 70.3 cm³/mol. The van der Waals surface area contributed by atoms with Gasteiger partial charge in [0.15, 0.2) is 0 Å². The lowest BCUT2D eigenvalue weighted by molar-refractivity contribution is 0.411. The van der Waals surface area contributed by atoms with Crippen LogP contribution in [0.1, 0.15) is 43.7 Å². The van der Waals surface area contributed by atoms with Gasteiger partial charge in [-0.1, -0.05) is 12.5 Å². The Morgan fingerprint density at radius 1 is 1.12 bits per heavy atom. The van der Waals surface area contributed by atoms with Gasteiger partial charge in [-0.25, -0.2) is 4.98 Å². The molecule has 0 saturated carbocycles. The van der Waals surface area contributed by atoms with Crippen LogP contribution in [0.3, 0.4) is 0 Å². The van der Waals surface area contributed by atoms with Gasteiger partial charge in [0.05, 0.1) is 0 Å². The summed E-state index contributed by atoms with van der Waals surface area (Å²) in [7, 11) is 0. The van der Waals surface area contributed by atoms with E-state index in [-0.39, 0.29) is 0 Å². The fourth-order valence-electron chi connectivity index (χ4n) is 2.87. The highest BCUT2D eigenvalue weighted by Crippen LogP contribution is 2.24. The van der Waals surface area contributed by atoms with Gasteiger partial charge in [0.2, 0.25) is 0 Å². The van der Waals surface area contributed by atoms with Crippen molar-refractivity contribution in [2.24, 2.45) is 0 Å². The second-order valence-electron chi connectivity index (χ2n) is 5.15. The zero-order valence-electron chi connectivity index (χ0n) is 10.4. The van der Waals surface area contributed by atoms with Crippen LogP contribution in [0.15, 0.2) is 18.3 Å². The summed E-state index contributed by atoms with van der Waals surface area (Å²) in [5.74, 6) is 1.15. The Morgan fingerprint density at radius 2 is 2.00 bits per heavy atom. The zero-order chi connectivity index (χ0) is 11.5. The highest BCUT2D eigenvalue weighted by Gasteiger charge is 2.17. The predicted octanol–water partition coefficient (Wildman–Crippen LogP) is 2.50. The molecule has 0 aliphatic carbocycles. The Balaban J connectivity index is 1.70. The molecule has 1 N–H and O–H groups in total. The summed E-state index contributed by atoms with van der Waals surface area (Å²) in [6.45, 7) is 3.50. The van der Waals surface area contributed by atoms with Gasteiger partial charge in [-0.3, -0.25) is 0 Å². The highest BCUT2D eigenvalue weighted by atomic mass is 15.2. The van der Waals surface area contributed by atoms with Crippen molar-refractivity contribution in [1.29, 1.82) is 0 Å². The van der Waals surface area contributed by atoms with Crippen LogP contribution >= 0.6 is 0 Å². The van der Waals surface area contributed by atoms with E-state index in [1.807, 2.05) is 0 Å². The van der Waals surface area contributed by atoms with Crippen molar-refractivity contribution in [3.8, 4) is 0 Å². The molecule has 3 heteroatoms. The molecule has 1 aromatic rings. The molecule has 2 aliphatic heterocycles. The first-order valence-corrected chi connectivity index (χ1v) is 6.88. The van der Waals surface area contributed by atoms with E-state index in [0.29, 0.717) is 6.04 Å². The minimum atomic E-state index is 0.531. The second kappa shape index (κ2) is 5.05. The number of nitrogens with one attached hydrogen (secondary N) is 1. The fourth-order valence-corrected chi connectivity index (χ4v) is 2.87. The van der Waals surface area contributed by atoms with Gasteiger partial charge in [-0.05, 0) is 43.9 Å². The number of rotatable bonds is 2. The van der Waals surface area contributed by atoms with Crippen LogP contribution in [0, 0.1) is 0 Å². The molecule has 0 unspecified atom stereocenters. The van der Waals surface area contributed by atoms with Gasteiger partial charge in [0.25, 0.3) is 0 Å². The highest BCUT2D eigenvalue weighted by molar-refractivity contribution is 5.40. The van der Waals surface area contributed by atoms with Gasteiger partial charge >= 0.3 is 0 Å². The number of nitrogens with zero attached hydrogens (tertiary/aromatic N) is 2. The summed E-state index contributed by atoms with van der Waals surface area (Å²) in [5, 5.41) is 3.57. The number of hydrogen-bond acceptors (Lipinski definition) is 3. The van der Waals surface area contributed by atoms with E-state index in [4.69, 9.17) is 0 Å². The van der Waals surface area contributed by atoms with Gasteiger partial charge in [-0.15, -0.1) is 0 Å². The number of aromatic nitrogens is 1. The molecule has 0 aromatic carbocycles. The standard InChI is InChI=1S/C14H21N3/c1-2-8-15-13(5-1)12-6-7-14(16-11-12)17-9-3-4-10-17/h6-7,11,13,15H,1-5,8-10H2/t13-/m0/s1. The van der Waals surface area contributed by atoms with E-state index in [2.05, 4.69) is 33.5 Å². The molecular formula is C14H21N3. The Hall–Kier alpha value is -1.09. The molecule has 1 aromatic heterocycles. The van der Waals surface area contributed by atoms with Crippen molar-refractivity contribution in [2.75, 3.05) is 24.5 Å². The fraction of sp³-hybridized carbons (Fsp3) is 0.643. The molecule has 0 spiro atoms. The minimum absolute atomic E-state index is 0.531. The lowest BCUT2D eigenvalue weighted by Gasteiger charge is -2.24. The molecule has 0 amide bonds. The Labute approximate surface area is 103 Å². The van der Waals surface area contributed by atoms with E-state index in [1.54, 1.807) is 0 Å². The van der Waals surface area contributed by atoms with Gasteiger partial charge in [-0.2, -0.15) is 0 Å². The Kier molecular flexibility index (Phi) is 3.27. The van der Waals surface area contributed by atoms with E-state index < -0.39 is 0 Å². The van der Waals surface area contributed by atoms with Crippen LogP contribution in [-0.2, 0) is 0 Å². The van der Waals surface area contributed by atoms with Crippen molar-refractivity contribution >= 4 is 5.82 Å². The van der Waals surface area contributed by atoms with E-state index in [1.165, 1.54) is 50.8 Å². The van der Waals surface area contributed by atoms with Gasteiger partial charge in [0.1, 0.15) is 5.82 Å². The minimum Gasteiger partial charge on any atom is -0.357 e. The molecule has 0 bridgehead atoms. The molecule has 3 rings (SSSR count). The molecular weight excluding hydrogens is 210 g/mol. The van der Waals surface area contributed by atoms with Gasteiger partial charge < -0.3 is 10.2 Å². The Morgan fingerprint density at radius 3 is 2.65 bits per heavy atom. The number of piperidine rings is 1. The average molecular weight is 231 g/mol. The zero-order valence-corrected chi connectivity index (χ0v) is 10.4. The van der Waals surface area contributed by atoms with Crippen LogP contribution in [0.4, 0.5) is 5.82 Å². The lowest BCUT2D eigenvalue weighted by Crippen LogP contribution is -2.27. The molecule has 2 aliphatic rings. The quantitative estimate of drug-likeness (QED) is 0.847. The molecule has 2 fully saturated rings. The lowest BCUT2D eigenvalue weighted by atomic mass is 9.99. The van der Waals surface area contributed by atoms with Crippen LogP contribution in [0.2, 0.25) is 0 Å². The second-order valence-corrected chi connectivity index (χ2v) is 5.15. The SMILES string of the molecule is c1cc(N2CCCC2)ncc1[C@@H]1CCCCN1. The largest absolute Gasteiger partial charge is 0.357 e. The maximum absolute atomic E-state index is 4.62. The van der Waals surface area contributed by atoms with Crippen molar-refractivity contribution in [3.05, 3.63) is 23.9 Å². The van der Waals surface area contributed by atoms with E-state index >= 15 is 0 Å².